The fraction of sp³-hybridized carbons (Fsp3) is 0.133. The Kier molecular flexibility index (Phi) is 4.50. The van der Waals surface area contributed by atoms with Gasteiger partial charge < -0.3 is 10.6 Å². The summed E-state index contributed by atoms with van der Waals surface area (Å²) in [4.78, 5) is 21.5. The number of amides is 1. The van der Waals surface area contributed by atoms with Crippen LogP contribution in [0.15, 0.2) is 48.5 Å². The summed E-state index contributed by atoms with van der Waals surface area (Å²) >= 11 is 0. The van der Waals surface area contributed by atoms with Crippen molar-refractivity contribution in [2.24, 2.45) is 0 Å². The largest absolute Gasteiger partial charge is 0.381 e. The predicted octanol–water partition coefficient (Wildman–Crippen LogP) is 3.17. The molecule has 0 aliphatic rings. The third-order valence-corrected chi connectivity index (χ3v) is 2.87. The Bertz CT molecular complexity index is 671. The Labute approximate surface area is 121 Å². The lowest BCUT2D eigenvalue weighted by molar-refractivity contribution is -0.384. The molecule has 0 unspecified atom stereocenters. The molecule has 6 nitrogen and oxygen atoms in total. The molecule has 0 saturated carbocycles. The number of nitrogens with one attached hydrogen (secondary N) is 2. The van der Waals surface area contributed by atoms with Crippen LogP contribution < -0.4 is 10.6 Å². The molecule has 0 aromatic heterocycles. The Hall–Kier alpha value is -2.89. The summed E-state index contributed by atoms with van der Waals surface area (Å²) in [7, 11) is 0. The maximum atomic E-state index is 11.2. The molecule has 1 amide bonds. The first-order valence-corrected chi connectivity index (χ1v) is 6.40. The van der Waals surface area contributed by atoms with Crippen molar-refractivity contribution >= 4 is 23.0 Å². The standard InChI is InChI=1S/C15H15N3O3/c1-11(19)17-15-8-3-2-5-12(15)10-16-13-6-4-7-14(9-13)18(20)21/h2-9,16H,10H2,1H3,(H,17,19). The van der Waals surface area contributed by atoms with E-state index < -0.39 is 4.92 Å². The van der Waals surface area contributed by atoms with E-state index in [1.54, 1.807) is 12.1 Å². The van der Waals surface area contributed by atoms with Gasteiger partial charge >= 0.3 is 0 Å². The average molecular weight is 285 g/mol. The van der Waals surface area contributed by atoms with Gasteiger partial charge in [0, 0.05) is 37.0 Å². The zero-order chi connectivity index (χ0) is 15.2. The molecule has 0 heterocycles. The maximum Gasteiger partial charge on any atom is 0.271 e. The summed E-state index contributed by atoms with van der Waals surface area (Å²) in [5.41, 5.74) is 2.32. The molecule has 0 aliphatic carbocycles. The smallest absolute Gasteiger partial charge is 0.271 e. The van der Waals surface area contributed by atoms with Crippen LogP contribution in [0.5, 0.6) is 0 Å². The molecule has 108 valence electrons. The lowest BCUT2D eigenvalue weighted by atomic mass is 10.1. The van der Waals surface area contributed by atoms with Gasteiger partial charge in [0.15, 0.2) is 0 Å². The highest BCUT2D eigenvalue weighted by Gasteiger charge is 2.07. The van der Waals surface area contributed by atoms with Crippen LogP contribution in [0.25, 0.3) is 0 Å². The third kappa shape index (κ3) is 4.04. The summed E-state index contributed by atoms with van der Waals surface area (Å²) in [5, 5.41) is 16.6. The van der Waals surface area contributed by atoms with E-state index in [-0.39, 0.29) is 11.6 Å². The number of nitro groups is 1. The van der Waals surface area contributed by atoms with Crippen molar-refractivity contribution in [2.45, 2.75) is 13.5 Å². The SMILES string of the molecule is CC(=O)Nc1ccccc1CNc1cccc([N+](=O)[O-])c1. The lowest BCUT2D eigenvalue weighted by Gasteiger charge is -2.11. The second-order valence-electron chi connectivity index (χ2n) is 4.50. The van der Waals surface area contributed by atoms with E-state index >= 15 is 0 Å². The molecule has 2 rings (SSSR count). The van der Waals surface area contributed by atoms with Crippen LogP contribution in [0.1, 0.15) is 12.5 Å². The minimum absolute atomic E-state index is 0.0372. The summed E-state index contributed by atoms with van der Waals surface area (Å²) in [6.07, 6.45) is 0. The van der Waals surface area contributed by atoms with Gasteiger partial charge in [-0.25, -0.2) is 0 Å². The number of carbonyl (C=O) groups excluding carboxylic acids is 1. The molecular formula is C15H15N3O3. The van der Waals surface area contributed by atoms with Crippen LogP contribution in [-0.4, -0.2) is 10.8 Å². The second-order valence-corrected chi connectivity index (χ2v) is 4.50. The van der Waals surface area contributed by atoms with Crippen LogP contribution in [0.2, 0.25) is 0 Å². The maximum absolute atomic E-state index is 11.2. The first-order valence-electron chi connectivity index (χ1n) is 6.40. The number of nitrogens with zero attached hydrogens (tertiary/aromatic N) is 1. The number of hydrogen-bond acceptors (Lipinski definition) is 4. The highest BCUT2D eigenvalue weighted by atomic mass is 16.6. The van der Waals surface area contributed by atoms with Crippen molar-refractivity contribution in [3.05, 3.63) is 64.2 Å². The van der Waals surface area contributed by atoms with E-state index in [2.05, 4.69) is 10.6 Å². The zero-order valence-electron chi connectivity index (χ0n) is 11.5. The van der Waals surface area contributed by atoms with Crippen LogP contribution in [-0.2, 0) is 11.3 Å². The van der Waals surface area contributed by atoms with Gasteiger partial charge in [0.1, 0.15) is 0 Å². The van der Waals surface area contributed by atoms with Gasteiger partial charge in [-0.3, -0.25) is 14.9 Å². The topological polar surface area (TPSA) is 84.3 Å². The van der Waals surface area contributed by atoms with Crippen molar-refractivity contribution in [3.63, 3.8) is 0 Å². The minimum Gasteiger partial charge on any atom is -0.381 e. The summed E-state index contributed by atoms with van der Waals surface area (Å²) in [6.45, 7) is 1.91. The van der Waals surface area contributed by atoms with Crippen molar-refractivity contribution in [1.29, 1.82) is 0 Å². The van der Waals surface area contributed by atoms with Crippen molar-refractivity contribution < 1.29 is 9.72 Å². The molecule has 0 spiro atoms. The molecule has 0 fully saturated rings. The molecule has 0 aliphatic heterocycles. The summed E-state index contributed by atoms with van der Waals surface area (Å²) in [5.74, 6) is -0.141. The summed E-state index contributed by atoms with van der Waals surface area (Å²) < 4.78 is 0. The number of hydrogen-bond donors (Lipinski definition) is 2. The molecule has 0 atom stereocenters. The molecule has 2 aromatic carbocycles. The van der Waals surface area contributed by atoms with E-state index in [1.165, 1.54) is 19.1 Å². The van der Waals surface area contributed by atoms with E-state index in [9.17, 15) is 14.9 Å². The summed E-state index contributed by atoms with van der Waals surface area (Å²) in [6, 6.07) is 13.7. The van der Waals surface area contributed by atoms with Gasteiger partial charge in [-0.2, -0.15) is 0 Å². The fourth-order valence-electron chi connectivity index (χ4n) is 1.91. The van der Waals surface area contributed by atoms with E-state index in [1.807, 2.05) is 24.3 Å². The van der Waals surface area contributed by atoms with Crippen LogP contribution >= 0.6 is 0 Å². The number of non-ortho nitro benzene ring substituents is 1. The zero-order valence-corrected chi connectivity index (χ0v) is 11.5. The van der Waals surface area contributed by atoms with Crippen molar-refractivity contribution in [2.75, 3.05) is 10.6 Å². The van der Waals surface area contributed by atoms with Crippen molar-refractivity contribution in [3.8, 4) is 0 Å². The van der Waals surface area contributed by atoms with E-state index in [4.69, 9.17) is 0 Å². The number of carbonyl (C=O) groups is 1. The van der Waals surface area contributed by atoms with Crippen LogP contribution in [0.4, 0.5) is 17.1 Å². The van der Waals surface area contributed by atoms with Gasteiger partial charge in [-0.1, -0.05) is 24.3 Å². The molecule has 0 radical (unpaired) electrons. The van der Waals surface area contributed by atoms with Crippen LogP contribution in [0.3, 0.4) is 0 Å². The molecule has 0 saturated heterocycles. The van der Waals surface area contributed by atoms with E-state index in [0.717, 1.165) is 11.3 Å². The molecule has 21 heavy (non-hydrogen) atoms. The second kappa shape index (κ2) is 6.51. The Morgan fingerprint density at radius 2 is 1.95 bits per heavy atom. The Morgan fingerprint density at radius 1 is 1.19 bits per heavy atom. The van der Waals surface area contributed by atoms with Gasteiger partial charge in [0.2, 0.25) is 5.91 Å². The van der Waals surface area contributed by atoms with Crippen LogP contribution in [0, 0.1) is 10.1 Å². The predicted molar refractivity (Wildman–Crippen MR) is 81.2 cm³/mol. The number of anilines is 2. The Balaban J connectivity index is 2.11. The monoisotopic (exact) mass is 285 g/mol. The normalized spacial score (nSPS) is 9.95. The molecule has 2 aromatic rings. The van der Waals surface area contributed by atoms with Gasteiger partial charge in [-0.05, 0) is 17.7 Å². The number of nitro benzene ring substituents is 1. The number of benzene rings is 2. The van der Waals surface area contributed by atoms with Crippen molar-refractivity contribution in [1.82, 2.24) is 0 Å². The molecule has 2 N–H and O–H groups in total. The minimum atomic E-state index is -0.434. The fourth-order valence-corrected chi connectivity index (χ4v) is 1.91. The average Bonchev–Trinajstić information content (AvgIpc) is 2.46. The first kappa shape index (κ1) is 14.5. The van der Waals surface area contributed by atoms with Gasteiger partial charge in [0.05, 0.1) is 4.92 Å². The molecular weight excluding hydrogens is 270 g/mol. The highest BCUT2D eigenvalue weighted by Crippen LogP contribution is 2.20. The lowest BCUT2D eigenvalue weighted by Crippen LogP contribution is -2.10. The van der Waals surface area contributed by atoms with Gasteiger partial charge in [0.25, 0.3) is 5.69 Å². The highest BCUT2D eigenvalue weighted by molar-refractivity contribution is 5.89. The number of rotatable bonds is 5. The third-order valence-electron chi connectivity index (χ3n) is 2.87. The quantitative estimate of drug-likeness (QED) is 0.652. The number of para-hydroxylation sites is 1. The van der Waals surface area contributed by atoms with E-state index in [0.29, 0.717) is 12.2 Å². The first-order chi connectivity index (χ1) is 10.1. The Morgan fingerprint density at radius 3 is 2.67 bits per heavy atom. The molecule has 0 bridgehead atoms. The molecule has 6 heteroatoms. The van der Waals surface area contributed by atoms with Gasteiger partial charge in [-0.15, -0.1) is 0 Å².